The van der Waals surface area contributed by atoms with Crippen molar-refractivity contribution >= 4 is 22.8 Å². The molecule has 0 spiro atoms. The molecule has 4 rings (SSSR count). The molecule has 1 N–H and O–H groups in total. The van der Waals surface area contributed by atoms with Gasteiger partial charge in [0, 0.05) is 32.7 Å². The van der Waals surface area contributed by atoms with Crippen molar-refractivity contribution in [2.24, 2.45) is 7.05 Å². The minimum Gasteiger partial charge on any atom is -0.357 e. The number of aryl methyl sites for hydroxylation is 1. The Morgan fingerprint density at radius 2 is 2.00 bits per heavy atom. The Morgan fingerprint density at radius 1 is 1.15 bits per heavy atom. The number of carbonyl (C=O) groups is 1. The molecule has 7 heteroatoms. The summed E-state index contributed by atoms with van der Waals surface area (Å²) in [5.74, 6) is 0.642. The Kier molecular flexibility index (Phi) is 4.51. The van der Waals surface area contributed by atoms with Crippen molar-refractivity contribution in [3.8, 4) is 0 Å². The van der Waals surface area contributed by atoms with E-state index in [0.717, 1.165) is 35.5 Å². The molecule has 7 nitrogen and oxygen atoms in total. The highest BCUT2D eigenvalue weighted by molar-refractivity contribution is 5.93. The van der Waals surface area contributed by atoms with Gasteiger partial charge in [0.05, 0.1) is 17.4 Å². The van der Waals surface area contributed by atoms with Gasteiger partial charge in [0.15, 0.2) is 0 Å². The SMILES string of the molecule is Cn1cnc2cccc(CNC(=O)c3cc(N4CCCCC4)ncn3)c21. The fourth-order valence-corrected chi connectivity index (χ4v) is 3.47. The van der Waals surface area contributed by atoms with Crippen molar-refractivity contribution in [3.63, 3.8) is 0 Å². The maximum atomic E-state index is 12.6. The molecular formula is C19H22N6O. The molecule has 3 heterocycles. The average Bonchev–Trinajstić information content (AvgIpc) is 3.08. The first-order valence-electron chi connectivity index (χ1n) is 8.96. The normalized spacial score (nSPS) is 14.6. The molecule has 0 bridgehead atoms. The Hall–Kier alpha value is -2.96. The summed E-state index contributed by atoms with van der Waals surface area (Å²) in [6.07, 6.45) is 6.85. The van der Waals surface area contributed by atoms with E-state index in [-0.39, 0.29) is 5.91 Å². The minimum absolute atomic E-state index is 0.190. The van der Waals surface area contributed by atoms with Crippen molar-refractivity contribution in [3.05, 3.63) is 48.2 Å². The maximum Gasteiger partial charge on any atom is 0.270 e. The standard InChI is InChI=1S/C19H22N6O/c1-24-13-23-15-7-5-6-14(18(15)24)11-20-19(26)16-10-17(22-12-21-16)25-8-3-2-4-9-25/h5-7,10,12-13H,2-4,8-9,11H2,1H3,(H,20,26). The lowest BCUT2D eigenvalue weighted by atomic mass is 10.1. The number of amides is 1. The van der Waals surface area contributed by atoms with Crippen LogP contribution < -0.4 is 10.2 Å². The summed E-state index contributed by atoms with van der Waals surface area (Å²) < 4.78 is 1.97. The highest BCUT2D eigenvalue weighted by Crippen LogP contribution is 2.18. The molecule has 0 atom stereocenters. The van der Waals surface area contributed by atoms with E-state index in [1.807, 2.05) is 29.8 Å². The summed E-state index contributed by atoms with van der Waals surface area (Å²) in [7, 11) is 1.95. The van der Waals surface area contributed by atoms with Gasteiger partial charge in [-0.25, -0.2) is 15.0 Å². The molecule has 1 aliphatic heterocycles. The lowest BCUT2D eigenvalue weighted by Crippen LogP contribution is -2.31. The first-order valence-corrected chi connectivity index (χ1v) is 8.96. The topological polar surface area (TPSA) is 75.9 Å². The van der Waals surface area contributed by atoms with Gasteiger partial charge in [-0.05, 0) is 30.9 Å². The van der Waals surface area contributed by atoms with Crippen LogP contribution in [0, 0.1) is 0 Å². The first kappa shape index (κ1) is 16.5. The van der Waals surface area contributed by atoms with Crippen LogP contribution in [0.4, 0.5) is 5.82 Å². The molecular weight excluding hydrogens is 328 g/mol. The second-order valence-electron chi connectivity index (χ2n) is 6.63. The number of hydrogen-bond donors (Lipinski definition) is 1. The van der Waals surface area contributed by atoms with E-state index in [1.165, 1.54) is 25.6 Å². The number of benzene rings is 1. The number of anilines is 1. The van der Waals surface area contributed by atoms with Gasteiger partial charge in [0.1, 0.15) is 17.8 Å². The third-order valence-electron chi connectivity index (χ3n) is 4.83. The second kappa shape index (κ2) is 7.11. The summed E-state index contributed by atoms with van der Waals surface area (Å²) in [5.41, 5.74) is 3.39. The summed E-state index contributed by atoms with van der Waals surface area (Å²) in [6.45, 7) is 2.40. The molecule has 134 valence electrons. The van der Waals surface area contributed by atoms with Crippen molar-refractivity contribution in [1.82, 2.24) is 24.8 Å². The lowest BCUT2D eigenvalue weighted by molar-refractivity contribution is 0.0946. The third kappa shape index (κ3) is 3.24. The van der Waals surface area contributed by atoms with Crippen molar-refractivity contribution in [1.29, 1.82) is 0 Å². The van der Waals surface area contributed by atoms with Crippen LogP contribution in [0.3, 0.4) is 0 Å². The van der Waals surface area contributed by atoms with Gasteiger partial charge in [-0.15, -0.1) is 0 Å². The molecule has 1 amide bonds. The number of nitrogens with one attached hydrogen (secondary N) is 1. The number of rotatable bonds is 4. The first-order chi connectivity index (χ1) is 12.7. The fraction of sp³-hybridized carbons (Fsp3) is 0.368. The number of carbonyl (C=O) groups excluding carboxylic acids is 1. The molecule has 1 saturated heterocycles. The van der Waals surface area contributed by atoms with E-state index in [2.05, 4.69) is 25.2 Å². The smallest absolute Gasteiger partial charge is 0.270 e. The Bertz CT molecular complexity index is 929. The predicted molar refractivity (Wildman–Crippen MR) is 100.0 cm³/mol. The number of imidazole rings is 1. The summed E-state index contributed by atoms with van der Waals surface area (Å²) in [5, 5.41) is 2.97. The Labute approximate surface area is 152 Å². The molecule has 1 fully saturated rings. The fourth-order valence-electron chi connectivity index (χ4n) is 3.47. The average molecular weight is 350 g/mol. The van der Waals surface area contributed by atoms with E-state index in [4.69, 9.17) is 0 Å². The number of para-hydroxylation sites is 1. The zero-order chi connectivity index (χ0) is 17.9. The predicted octanol–water partition coefficient (Wildman–Crippen LogP) is 2.28. The van der Waals surface area contributed by atoms with Gasteiger partial charge in [0.2, 0.25) is 0 Å². The van der Waals surface area contributed by atoms with Gasteiger partial charge in [-0.1, -0.05) is 12.1 Å². The maximum absolute atomic E-state index is 12.6. The minimum atomic E-state index is -0.190. The Morgan fingerprint density at radius 3 is 2.85 bits per heavy atom. The molecule has 3 aromatic rings. The largest absolute Gasteiger partial charge is 0.357 e. The van der Waals surface area contributed by atoms with E-state index in [0.29, 0.717) is 12.2 Å². The van der Waals surface area contributed by atoms with Gasteiger partial charge < -0.3 is 14.8 Å². The third-order valence-corrected chi connectivity index (χ3v) is 4.83. The number of aromatic nitrogens is 4. The number of hydrogen-bond acceptors (Lipinski definition) is 5. The van der Waals surface area contributed by atoms with Gasteiger partial charge in [0.25, 0.3) is 5.91 Å². The van der Waals surface area contributed by atoms with Crippen molar-refractivity contribution in [2.45, 2.75) is 25.8 Å². The molecule has 0 radical (unpaired) electrons. The highest BCUT2D eigenvalue weighted by atomic mass is 16.1. The monoisotopic (exact) mass is 350 g/mol. The quantitative estimate of drug-likeness (QED) is 0.781. The van der Waals surface area contributed by atoms with E-state index in [9.17, 15) is 4.79 Å². The van der Waals surface area contributed by atoms with Crippen LogP contribution in [-0.4, -0.2) is 38.5 Å². The van der Waals surface area contributed by atoms with Crippen LogP contribution in [0.1, 0.15) is 35.3 Å². The zero-order valence-electron chi connectivity index (χ0n) is 14.9. The molecule has 0 unspecified atom stereocenters. The number of fused-ring (bicyclic) bond motifs is 1. The van der Waals surface area contributed by atoms with Crippen LogP contribution >= 0.6 is 0 Å². The van der Waals surface area contributed by atoms with Gasteiger partial charge in [-0.3, -0.25) is 4.79 Å². The van der Waals surface area contributed by atoms with Crippen LogP contribution in [0.5, 0.6) is 0 Å². The number of piperidine rings is 1. The Balaban J connectivity index is 1.49. The molecule has 1 aliphatic rings. The summed E-state index contributed by atoms with van der Waals surface area (Å²) >= 11 is 0. The second-order valence-corrected chi connectivity index (χ2v) is 6.63. The van der Waals surface area contributed by atoms with Crippen LogP contribution in [-0.2, 0) is 13.6 Å². The van der Waals surface area contributed by atoms with Gasteiger partial charge in [-0.2, -0.15) is 0 Å². The summed E-state index contributed by atoms with van der Waals surface area (Å²) in [6, 6.07) is 7.71. The summed E-state index contributed by atoms with van der Waals surface area (Å²) in [4.78, 5) is 27.6. The van der Waals surface area contributed by atoms with E-state index in [1.54, 1.807) is 12.4 Å². The molecule has 2 aromatic heterocycles. The lowest BCUT2D eigenvalue weighted by Gasteiger charge is -2.27. The van der Waals surface area contributed by atoms with Crippen LogP contribution in [0.15, 0.2) is 36.9 Å². The highest BCUT2D eigenvalue weighted by Gasteiger charge is 2.15. The molecule has 0 saturated carbocycles. The molecule has 26 heavy (non-hydrogen) atoms. The van der Waals surface area contributed by atoms with E-state index < -0.39 is 0 Å². The van der Waals surface area contributed by atoms with Crippen LogP contribution in [0.25, 0.3) is 11.0 Å². The molecule has 1 aromatic carbocycles. The van der Waals surface area contributed by atoms with Crippen LogP contribution in [0.2, 0.25) is 0 Å². The molecule has 0 aliphatic carbocycles. The number of nitrogens with zero attached hydrogens (tertiary/aromatic N) is 5. The zero-order valence-corrected chi connectivity index (χ0v) is 14.9. The van der Waals surface area contributed by atoms with Crippen molar-refractivity contribution in [2.75, 3.05) is 18.0 Å². The van der Waals surface area contributed by atoms with E-state index >= 15 is 0 Å². The van der Waals surface area contributed by atoms with Gasteiger partial charge >= 0.3 is 0 Å². The van der Waals surface area contributed by atoms with Crippen molar-refractivity contribution < 1.29 is 4.79 Å².